The summed E-state index contributed by atoms with van der Waals surface area (Å²) >= 11 is 0. The maximum atomic E-state index is 10.5. The summed E-state index contributed by atoms with van der Waals surface area (Å²) < 4.78 is 6.18. The molecular formula is C18H32O2. The standard InChI is InChI=1S/C18H32O2/c1-13(2)14-5-6-17(19)16(11-14)15-7-10-20-18(12-15)8-3-4-9-18/h13-17,19H,3-12H2,1-2H3. The van der Waals surface area contributed by atoms with E-state index in [1.807, 2.05) is 0 Å². The van der Waals surface area contributed by atoms with Crippen molar-refractivity contribution in [1.82, 2.24) is 0 Å². The van der Waals surface area contributed by atoms with Gasteiger partial charge in [0.15, 0.2) is 0 Å². The average molecular weight is 280 g/mol. The van der Waals surface area contributed by atoms with Gasteiger partial charge in [-0.1, -0.05) is 26.7 Å². The van der Waals surface area contributed by atoms with Crippen LogP contribution < -0.4 is 0 Å². The van der Waals surface area contributed by atoms with E-state index < -0.39 is 0 Å². The van der Waals surface area contributed by atoms with Gasteiger partial charge < -0.3 is 9.84 Å². The van der Waals surface area contributed by atoms with Gasteiger partial charge in [0.05, 0.1) is 11.7 Å². The maximum Gasteiger partial charge on any atom is 0.0685 e. The summed E-state index contributed by atoms with van der Waals surface area (Å²) in [5, 5.41) is 10.5. The predicted octanol–water partition coefficient (Wildman–Crippen LogP) is 4.16. The zero-order valence-corrected chi connectivity index (χ0v) is 13.3. The number of hydrogen-bond acceptors (Lipinski definition) is 2. The first-order valence-electron chi connectivity index (χ1n) is 8.92. The van der Waals surface area contributed by atoms with E-state index in [9.17, 15) is 5.11 Å². The van der Waals surface area contributed by atoms with E-state index in [2.05, 4.69) is 13.8 Å². The predicted molar refractivity (Wildman–Crippen MR) is 81.6 cm³/mol. The zero-order chi connectivity index (χ0) is 14.2. The van der Waals surface area contributed by atoms with E-state index >= 15 is 0 Å². The number of aliphatic hydroxyl groups excluding tert-OH is 1. The quantitative estimate of drug-likeness (QED) is 0.823. The van der Waals surface area contributed by atoms with Crippen LogP contribution in [-0.2, 0) is 4.74 Å². The lowest BCUT2D eigenvalue weighted by Gasteiger charge is -2.45. The van der Waals surface area contributed by atoms with E-state index in [1.54, 1.807) is 0 Å². The average Bonchev–Trinajstić information content (AvgIpc) is 2.87. The van der Waals surface area contributed by atoms with Crippen LogP contribution in [0.5, 0.6) is 0 Å². The molecule has 116 valence electrons. The molecule has 1 N–H and O–H groups in total. The van der Waals surface area contributed by atoms with Gasteiger partial charge in [-0.15, -0.1) is 0 Å². The first kappa shape index (κ1) is 14.8. The molecule has 2 nitrogen and oxygen atoms in total. The van der Waals surface area contributed by atoms with E-state index in [0.717, 1.165) is 24.9 Å². The topological polar surface area (TPSA) is 29.5 Å². The minimum Gasteiger partial charge on any atom is -0.393 e. The minimum absolute atomic E-state index is 0.0495. The summed E-state index contributed by atoms with van der Waals surface area (Å²) in [5.74, 6) is 2.84. The van der Waals surface area contributed by atoms with Crippen LogP contribution in [-0.4, -0.2) is 23.4 Å². The highest BCUT2D eigenvalue weighted by molar-refractivity contribution is 4.95. The van der Waals surface area contributed by atoms with Crippen LogP contribution in [0.15, 0.2) is 0 Å². The molecule has 1 heterocycles. The van der Waals surface area contributed by atoms with Crippen molar-refractivity contribution in [2.45, 2.75) is 83.3 Å². The Kier molecular flexibility index (Phi) is 4.42. The Balaban J connectivity index is 1.67. The van der Waals surface area contributed by atoms with Crippen LogP contribution >= 0.6 is 0 Å². The largest absolute Gasteiger partial charge is 0.393 e. The van der Waals surface area contributed by atoms with E-state index in [-0.39, 0.29) is 11.7 Å². The van der Waals surface area contributed by atoms with E-state index in [4.69, 9.17) is 4.74 Å². The Bertz CT molecular complexity index is 319. The number of ether oxygens (including phenoxy) is 1. The van der Waals surface area contributed by atoms with E-state index in [1.165, 1.54) is 51.4 Å². The van der Waals surface area contributed by atoms with Gasteiger partial charge in [-0.25, -0.2) is 0 Å². The van der Waals surface area contributed by atoms with Crippen molar-refractivity contribution in [2.75, 3.05) is 6.61 Å². The van der Waals surface area contributed by atoms with Gasteiger partial charge in [0.1, 0.15) is 0 Å². The molecule has 1 saturated heterocycles. The molecule has 3 aliphatic rings. The van der Waals surface area contributed by atoms with Gasteiger partial charge in [0.25, 0.3) is 0 Å². The molecule has 0 radical (unpaired) electrons. The van der Waals surface area contributed by atoms with Gasteiger partial charge in [0, 0.05) is 6.61 Å². The minimum atomic E-state index is -0.0495. The fraction of sp³-hybridized carbons (Fsp3) is 1.00. The Morgan fingerprint density at radius 1 is 1.10 bits per heavy atom. The third-order valence-electron chi connectivity index (χ3n) is 6.50. The molecule has 1 aliphatic heterocycles. The van der Waals surface area contributed by atoms with E-state index in [0.29, 0.717) is 11.8 Å². The van der Waals surface area contributed by atoms with Crippen molar-refractivity contribution in [2.24, 2.45) is 23.7 Å². The van der Waals surface area contributed by atoms with Crippen molar-refractivity contribution in [3.05, 3.63) is 0 Å². The lowest BCUT2D eigenvalue weighted by molar-refractivity contribution is -0.119. The Hall–Kier alpha value is -0.0800. The van der Waals surface area contributed by atoms with Gasteiger partial charge in [-0.05, 0) is 68.6 Å². The highest BCUT2D eigenvalue weighted by atomic mass is 16.5. The fourth-order valence-corrected chi connectivity index (χ4v) is 5.13. The Morgan fingerprint density at radius 3 is 2.55 bits per heavy atom. The molecule has 2 heteroatoms. The Labute approximate surface area is 124 Å². The van der Waals surface area contributed by atoms with Crippen LogP contribution in [0.2, 0.25) is 0 Å². The van der Waals surface area contributed by atoms with Crippen molar-refractivity contribution < 1.29 is 9.84 Å². The highest BCUT2D eigenvalue weighted by Crippen LogP contribution is 2.48. The molecule has 0 bridgehead atoms. The summed E-state index contributed by atoms with van der Waals surface area (Å²) in [6.45, 7) is 5.63. The molecule has 2 aliphatic carbocycles. The molecule has 20 heavy (non-hydrogen) atoms. The summed E-state index contributed by atoms with van der Waals surface area (Å²) in [7, 11) is 0. The monoisotopic (exact) mass is 280 g/mol. The molecule has 0 aromatic heterocycles. The van der Waals surface area contributed by atoms with Crippen molar-refractivity contribution >= 4 is 0 Å². The van der Waals surface area contributed by atoms with Gasteiger partial charge in [-0.3, -0.25) is 0 Å². The van der Waals surface area contributed by atoms with Crippen LogP contribution in [0.4, 0.5) is 0 Å². The second-order valence-corrected chi connectivity index (χ2v) is 8.04. The summed E-state index contributed by atoms with van der Waals surface area (Å²) in [6.07, 6.45) is 11.1. The second kappa shape index (κ2) is 5.96. The molecule has 0 amide bonds. The zero-order valence-electron chi connectivity index (χ0n) is 13.3. The molecule has 3 rings (SSSR count). The van der Waals surface area contributed by atoms with Crippen molar-refractivity contribution in [1.29, 1.82) is 0 Å². The molecule has 4 unspecified atom stereocenters. The summed E-state index contributed by atoms with van der Waals surface area (Å²) in [6, 6.07) is 0. The van der Waals surface area contributed by atoms with Crippen molar-refractivity contribution in [3.8, 4) is 0 Å². The number of hydrogen-bond donors (Lipinski definition) is 1. The molecular weight excluding hydrogens is 248 g/mol. The van der Waals surface area contributed by atoms with Gasteiger partial charge in [0.2, 0.25) is 0 Å². The highest BCUT2D eigenvalue weighted by Gasteiger charge is 2.44. The first-order chi connectivity index (χ1) is 9.60. The molecule has 2 saturated carbocycles. The molecule has 4 atom stereocenters. The SMILES string of the molecule is CC(C)C1CCC(O)C(C2CCOC3(CCCC3)C2)C1. The smallest absolute Gasteiger partial charge is 0.0685 e. The van der Waals surface area contributed by atoms with Gasteiger partial charge in [-0.2, -0.15) is 0 Å². The maximum absolute atomic E-state index is 10.5. The molecule has 3 fully saturated rings. The molecule has 0 aromatic rings. The fourth-order valence-electron chi connectivity index (χ4n) is 5.13. The normalized spacial score (nSPS) is 41.4. The van der Waals surface area contributed by atoms with Crippen LogP contribution in [0, 0.1) is 23.7 Å². The summed E-state index contributed by atoms with van der Waals surface area (Å²) in [4.78, 5) is 0. The second-order valence-electron chi connectivity index (χ2n) is 8.04. The van der Waals surface area contributed by atoms with Gasteiger partial charge >= 0.3 is 0 Å². The third kappa shape index (κ3) is 2.92. The Morgan fingerprint density at radius 2 is 1.85 bits per heavy atom. The van der Waals surface area contributed by atoms with Crippen LogP contribution in [0.3, 0.4) is 0 Å². The molecule has 0 aromatic carbocycles. The lowest BCUT2D eigenvalue weighted by atomic mass is 9.66. The third-order valence-corrected chi connectivity index (χ3v) is 6.50. The summed E-state index contributed by atoms with van der Waals surface area (Å²) in [5.41, 5.74) is 0.202. The number of aliphatic hydroxyl groups is 1. The number of rotatable bonds is 2. The van der Waals surface area contributed by atoms with Crippen LogP contribution in [0.1, 0.15) is 71.6 Å². The van der Waals surface area contributed by atoms with Crippen molar-refractivity contribution in [3.63, 3.8) is 0 Å². The lowest BCUT2D eigenvalue weighted by Crippen LogP contribution is -2.44. The van der Waals surface area contributed by atoms with Crippen LogP contribution in [0.25, 0.3) is 0 Å². The first-order valence-corrected chi connectivity index (χ1v) is 8.92. The molecule has 1 spiro atoms.